The van der Waals surface area contributed by atoms with Crippen LogP contribution >= 0.6 is 11.6 Å². The molecule has 212 valence electrons. The highest BCUT2D eigenvalue weighted by atomic mass is 35.5. The predicted molar refractivity (Wildman–Crippen MR) is 162 cm³/mol. The van der Waals surface area contributed by atoms with E-state index in [4.69, 9.17) is 21.1 Å². The molecule has 0 aliphatic rings. The van der Waals surface area contributed by atoms with Crippen LogP contribution in [0.4, 0.5) is 5.69 Å². The van der Waals surface area contributed by atoms with E-state index in [1.807, 2.05) is 6.07 Å². The van der Waals surface area contributed by atoms with Crippen molar-refractivity contribution in [3.05, 3.63) is 118 Å². The van der Waals surface area contributed by atoms with E-state index in [1.165, 1.54) is 4.31 Å². The second-order valence-electron chi connectivity index (χ2n) is 9.11. The van der Waals surface area contributed by atoms with Crippen molar-refractivity contribution in [2.45, 2.75) is 25.3 Å². The molecule has 0 aliphatic carbocycles. The van der Waals surface area contributed by atoms with Crippen LogP contribution < -0.4 is 19.2 Å². The molecule has 8 nitrogen and oxygen atoms in total. The number of hydrogen-bond donors (Lipinski definition) is 1. The molecule has 0 fully saturated rings. The van der Waals surface area contributed by atoms with Gasteiger partial charge in [0.25, 0.3) is 15.9 Å². The molecule has 0 unspecified atom stereocenters. The van der Waals surface area contributed by atoms with Gasteiger partial charge in [-0.05, 0) is 79.6 Å². The number of sulfonamides is 1. The number of nitrogens with zero attached hydrogens (tertiary/aromatic N) is 2. The van der Waals surface area contributed by atoms with Crippen LogP contribution in [0, 0.1) is 6.92 Å². The minimum atomic E-state index is -3.91. The van der Waals surface area contributed by atoms with Crippen molar-refractivity contribution in [2.75, 3.05) is 18.5 Å². The number of nitrogens with one attached hydrogen (secondary N) is 1. The molecule has 4 aromatic carbocycles. The van der Waals surface area contributed by atoms with Gasteiger partial charge >= 0.3 is 0 Å². The molecule has 1 N–H and O–H groups in total. The molecule has 41 heavy (non-hydrogen) atoms. The van der Waals surface area contributed by atoms with Crippen LogP contribution in [0.1, 0.15) is 34.0 Å². The molecule has 4 rings (SSSR count). The molecule has 0 heterocycles. The standard InChI is InChI=1S/C31H30ClN3O5S/c1-21-27(32)11-8-12-28(21)35(41(37,38)26-9-6-5-7-10-26)20-23-13-15-24(16-14-23)31(36)34-33-22(2)25-17-18-29(39-3)30(19-25)40-4/h5-19H,20H2,1-4H3,(H,34,36)/b33-22-. The second-order valence-corrected chi connectivity index (χ2v) is 11.4. The summed E-state index contributed by atoms with van der Waals surface area (Å²) in [5, 5.41) is 4.68. The van der Waals surface area contributed by atoms with Gasteiger partial charge in [-0.1, -0.05) is 48.0 Å². The van der Waals surface area contributed by atoms with E-state index < -0.39 is 15.9 Å². The lowest BCUT2D eigenvalue weighted by atomic mass is 10.1. The number of methoxy groups -OCH3 is 2. The fraction of sp³-hybridized carbons (Fsp3) is 0.161. The van der Waals surface area contributed by atoms with Crippen molar-refractivity contribution in [1.82, 2.24) is 5.43 Å². The maximum absolute atomic E-state index is 13.7. The SMILES string of the molecule is COc1ccc(/C(C)=N\NC(=O)c2ccc(CN(c3cccc(Cl)c3C)S(=O)(=O)c3ccccc3)cc2)cc1OC. The highest BCUT2D eigenvalue weighted by molar-refractivity contribution is 7.92. The number of halogens is 1. The van der Waals surface area contributed by atoms with Crippen molar-refractivity contribution in [3.8, 4) is 11.5 Å². The lowest BCUT2D eigenvalue weighted by Gasteiger charge is -2.26. The summed E-state index contributed by atoms with van der Waals surface area (Å²) in [4.78, 5) is 13.0. The van der Waals surface area contributed by atoms with Gasteiger partial charge in [0.15, 0.2) is 11.5 Å². The van der Waals surface area contributed by atoms with Crippen LogP contribution in [0.3, 0.4) is 0 Å². The summed E-state index contributed by atoms with van der Waals surface area (Å²) in [5.74, 6) is 0.738. The van der Waals surface area contributed by atoms with E-state index in [2.05, 4.69) is 10.5 Å². The molecule has 0 saturated carbocycles. The fourth-order valence-electron chi connectivity index (χ4n) is 4.14. The molecule has 0 aromatic heterocycles. The van der Waals surface area contributed by atoms with Crippen molar-refractivity contribution >= 4 is 38.9 Å². The molecule has 0 saturated heterocycles. The summed E-state index contributed by atoms with van der Waals surface area (Å²) < 4.78 is 39.3. The Morgan fingerprint density at radius 3 is 2.20 bits per heavy atom. The van der Waals surface area contributed by atoms with Gasteiger partial charge in [-0.3, -0.25) is 9.10 Å². The van der Waals surface area contributed by atoms with Gasteiger partial charge in [-0.25, -0.2) is 13.8 Å². The number of hydrogen-bond acceptors (Lipinski definition) is 6. The number of anilines is 1. The Labute approximate surface area is 245 Å². The van der Waals surface area contributed by atoms with Crippen LogP contribution in [0.15, 0.2) is 101 Å². The van der Waals surface area contributed by atoms with Gasteiger partial charge in [0.2, 0.25) is 0 Å². The zero-order chi connectivity index (χ0) is 29.6. The first-order valence-corrected chi connectivity index (χ1v) is 14.5. The van der Waals surface area contributed by atoms with E-state index in [1.54, 1.807) is 113 Å². The fourth-order valence-corrected chi connectivity index (χ4v) is 5.84. The first-order chi connectivity index (χ1) is 19.6. The third-order valence-electron chi connectivity index (χ3n) is 6.51. The third kappa shape index (κ3) is 6.70. The molecular formula is C31H30ClN3O5S. The average Bonchev–Trinajstić information content (AvgIpc) is 3.00. The van der Waals surface area contributed by atoms with Crippen molar-refractivity contribution in [2.24, 2.45) is 5.10 Å². The van der Waals surface area contributed by atoms with Gasteiger partial charge in [-0.15, -0.1) is 0 Å². The first kappa shape index (κ1) is 29.6. The highest BCUT2D eigenvalue weighted by Gasteiger charge is 2.27. The van der Waals surface area contributed by atoms with Crippen molar-refractivity contribution in [3.63, 3.8) is 0 Å². The Balaban J connectivity index is 1.55. The number of ether oxygens (including phenoxy) is 2. The highest BCUT2D eigenvalue weighted by Crippen LogP contribution is 2.32. The topological polar surface area (TPSA) is 97.3 Å². The predicted octanol–water partition coefficient (Wildman–Crippen LogP) is 6.22. The van der Waals surface area contributed by atoms with Gasteiger partial charge in [0.05, 0.1) is 37.1 Å². The van der Waals surface area contributed by atoms with Crippen LogP contribution in [-0.4, -0.2) is 34.3 Å². The number of carbonyl (C=O) groups is 1. The second kappa shape index (κ2) is 12.9. The number of amides is 1. The van der Waals surface area contributed by atoms with Crippen molar-refractivity contribution < 1.29 is 22.7 Å². The molecule has 0 radical (unpaired) electrons. The number of rotatable bonds is 10. The lowest BCUT2D eigenvalue weighted by Crippen LogP contribution is -2.31. The van der Waals surface area contributed by atoms with E-state index in [-0.39, 0.29) is 11.4 Å². The molecule has 0 atom stereocenters. The summed E-state index contributed by atoms with van der Waals surface area (Å²) in [6.07, 6.45) is 0. The Bertz CT molecular complexity index is 1670. The van der Waals surface area contributed by atoms with Gasteiger partial charge < -0.3 is 9.47 Å². The first-order valence-electron chi connectivity index (χ1n) is 12.6. The Morgan fingerprint density at radius 2 is 1.54 bits per heavy atom. The summed E-state index contributed by atoms with van der Waals surface area (Å²) in [5.41, 5.74) is 6.08. The van der Waals surface area contributed by atoms with E-state index in [9.17, 15) is 13.2 Å². The molecule has 0 spiro atoms. The maximum Gasteiger partial charge on any atom is 0.271 e. The summed E-state index contributed by atoms with van der Waals surface area (Å²) in [6.45, 7) is 3.59. The Morgan fingerprint density at radius 1 is 0.878 bits per heavy atom. The van der Waals surface area contributed by atoms with Crippen LogP contribution in [0.5, 0.6) is 11.5 Å². The summed E-state index contributed by atoms with van der Waals surface area (Å²) in [7, 11) is -0.806. The minimum absolute atomic E-state index is 0.0386. The van der Waals surface area contributed by atoms with Crippen LogP contribution in [0.2, 0.25) is 5.02 Å². The molecule has 0 aliphatic heterocycles. The summed E-state index contributed by atoms with van der Waals surface area (Å²) in [6, 6.07) is 25.4. The number of hydrazone groups is 1. The van der Waals surface area contributed by atoms with E-state index >= 15 is 0 Å². The number of benzene rings is 4. The lowest BCUT2D eigenvalue weighted by molar-refractivity contribution is 0.0955. The van der Waals surface area contributed by atoms with Crippen LogP contribution in [-0.2, 0) is 16.6 Å². The zero-order valence-electron chi connectivity index (χ0n) is 23.1. The quantitative estimate of drug-likeness (QED) is 0.175. The zero-order valence-corrected chi connectivity index (χ0v) is 24.7. The smallest absolute Gasteiger partial charge is 0.271 e. The molecular weight excluding hydrogens is 562 g/mol. The monoisotopic (exact) mass is 591 g/mol. The average molecular weight is 592 g/mol. The molecule has 0 bridgehead atoms. The normalized spacial score (nSPS) is 11.6. The molecule has 4 aromatic rings. The maximum atomic E-state index is 13.7. The van der Waals surface area contributed by atoms with Crippen LogP contribution in [0.25, 0.3) is 0 Å². The van der Waals surface area contributed by atoms with E-state index in [0.717, 1.165) is 5.56 Å². The molecule has 1 amide bonds. The third-order valence-corrected chi connectivity index (χ3v) is 8.69. The van der Waals surface area contributed by atoms with E-state index in [0.29, 0.717) is 44.6 Å². The largest absolute Gasteiger partial charge is 0.493 e. The van der Waals surface area contributed by atoms with Gasteiger partial charge in [0, 0.05) is 16.1 Å². The van der Waals surface area contributed by atoms with Gasteiger partial charge in [0.1, 0.15) is 0 Å². The molecule has 10 heteroatoms. The Kier molecular flexibility index (Phi) is 9.31. The van der Waals surface area contributed by atoms with Crippen molar-refractivity contribution in [1.29, 1.82) is 0 Å². The number of carbonyl (C=O) groups excluding carboxylic acids is 1. The van der Waals surface area contributed by atoms with Gasteiger partial charge in [-0.2, -0.15) is 5.10 Å². The minimum Gasteiger partial charge on any atom is -0.493 e. The Hall–Kier alpha value is -4.34. The summed E-state index contributed by atoms with van der Waals surface area (Å²) >= 11 is 6.34.